The molecule has 0 radical (unpaired) electrons. The van der Waals surface area contributed by atoms with Gasteiger partial charge in [-0.2, -0.15) is 4.98 Å². The van der Waals surface area contributed by atoms with Gasteiger partial charge >= 0.3 is 0 Å². The van der Waals surface area contributed by atoms with Crippen LogP contribution >= 0.6 is 0 Å². The van der Waals surface area contributed by atoms with Crippen LogP contribution < -0.4 is 4.74 Å². The van der Waals surface area contributed by atoms with E-state index in [0.29, 0.717) is 23.2 Å². The van der Waals surface area contributed by atoms with Gasteiger partial charge in [0.15, 0.2) is 11.5 Å². The summed E-state index contributed by atoms with van der Waals surface area (Å²) in [5.74, 6) is 1.91. The fraction of sp³-hybridized carbons (Fsp3) is 0.364. The summed E-state index contributed by atoms with van der Waals surface area (Å²) in [6, 6.07) is 3.60. The van der Waals surface area contributed by atoms with E-state index >= 15 is 0 Å². The summed E-state index contributed by atoms with van der Waals surface area (Å²) in [4.78, 5) is 8.44. The van der Waals surface area contributed by atoms with Gasteiger partial charge in [-0.3, -0.25) is 0 Å². The van der Waals surface area contributed by atoms with Crippen LogP contribution in [0.15, 0.2) is 22.9 Å². The van der Waals surface area contributed by atoms with Crippen molar-refractivity contribution < 1.29 is 9.26 Å². The van der Waals surface area contributed by atoms with Crippen LogP contribution in [0, 0.1) is 0 Å². The van der Waals surface area contributed by atoms with Crippen LogP contribution in [0.2, 0.25) is 0 Å². The Morgan fingerprint density at radius 1 is 1.38 bits per heavy atom. The van der Waals surface area contributed by atoms with E-state index in [9.17, 15) is 0 Å². The average Bonchev–Trinajstić information content (AvgIpc) is 2.78. The summed E-state index contributed by atoms with van der Waals surface area (Å²) < 4.78 is 10.3. The van der Waals surface area contributed by atoms with Crippen LogP contribution in [0.4, 0.5) is 0 Å². The van der Waals surface area contributed by atoms with Gasteiger partial charge in [-0.05, 0) is 12.1 Å². The van der Waals surface area contributed by atoms with Crippen LogP contribution in [-0.4, -0.2) is 22.2 Å². The molecule has 0 aliphatic rings. The van der Waals surface area contributed by atoms with Crippen molar-refractivity contribution in [3.63, 3.8) is 0 Å². The minimum atomic E-state index is 0.229. The first kappa shape index (κ1) is 10.6. The van der Waals surface area contributed by atoms with Crippen molar-refractivity contribution in [3.05, 3.63) is 24.2 Å². The lowest BCUT2D eigenvalue weighted by atomic mass is 10.2. The van der Waals surface area contributed by atoms with Crippen molar-refractivity contribution in [2.24, 2.45) is 0 Å². The predicted octanol–water partition coefficient (Wildman–Crippen LogP) is 2.26. The quantitative estimate of drug-likeness (QED) is 0.792. The molecule has 2 aromatic rings. The van der Waals surface area contributed by atoms with Crippen molar-refractivity contribution >= 4 is 0 Å². The molecule has 2 aromatic heterocycles. The van der Waals surface area contributed by atoms with Crippen molar-refractivity contribution in [3.8, 4) is 17.3 Å². The molecule has 0 saturated heterocycles. The molecule has 5 nitrogen and oxygen atoms in total. The van der Waals surface area contributed by atoms with E-state index in [1.807, 2.05) is 19.9 Å². The SMILES string of the molecule is COc1cccnc1-c1nc(C(C)C)no1. The number of hydrogen-bond donors (Lipinski definition) is 0. The van der Waals surface area contributed by atoms with Gasteiger partial charge in [-0.15, -0.1) is 0 Å². The van der Waals surface area contributed by atoms with E-state index < -0.39 is 0 Å². The number of pyridine rings is 1. The molecule has 0 fully saturated rings. The molecule has 5 heteroatoms. The Morgan fingerprint density at radius 3 is 2.81 bits per heavy atom. The molecule has 84 valence electrons. The summed E-state index contributed by atoms with van der Waals surface area (Å²) in [5, 5.41) is 3.89. The average molecular weight is 219 g/mol. The summed E-state index contributed by atoms with van der Waals surface area (Å²) in [6.45, 7) is 4.01. The summed E-state index contributed by atoms with van der Waals surface area (Å²) >= 11 is 0. The Labute approximate surface area is 93.5 Å². The molecule has 2 heterocycles. The number of methoxy groups -OCH3 is 1. The molecule has 16 heavy (non-hydrogen) atoms. The maximum absolute atomic E-state index is 5.18. The Hall–Kier alpha value is -1.91. The highest BCUT2D eigenvalue weighted by molar-refractivity contribution is 5.56. The Bertz CT molecular complexity index is 480. The van der Waals surface area contributed by atoms with Crippen LogP contribution in [0.1, 0.15) is 25.6 Å². The second-order valence-corrected chi connectivity index (χ2v) is 3.67. The van der Waals surface area contributed by atoms with Gasteiger partial charge in [0.2, 0.25) is 0 Å². The van der Waals surface area contributed by atoms with Gasteiger partial charge < -0.3 is 9.26 Å². The second-order valence-electron chi connectivity index (χ2n) is 3.67. The maximum Gasteiger partial charge on any atom is 0.280 e. The van der Waals surface area contributed by atoms with E-state index in [2.05, 4.69) is 15.1 Å². The molecule has 0 saturated carbocycles. The summed E-state index contributed by atoms with van der Waals surface area (Å²) in [5.41, 5.74) is 0.574. The third kappa shape index (κ3) is 1.88. The van der Waals surface area contributed by atoms with E-state index in [1.165, 1.54) is 0 Å². The van der Waals surface area contributed by atoms with Crippen molar-refractivity contribution in [2.45, 2.75) is 19.8 Å². The van der Waals surface area contributed by atoms with E-state index in [1.54, 1.807) is 19.4 Å². The number of nitrogens with zero attached hydrogens (tertiary/aromatic N) is 3. The van der Waals surface area contributed by atoms with Gasteiger partial charge in [0, 0.05) is 12.1 Å². The lowest BCUT2D eigenvalue weighted by molar-refractivity contribution is 0.399. The molecule has 0 aliphatic heterocycles. The minimum Gasteiger partial charge on any atom is -0.494 e. The molecular weight excluding hydrogens is 206 g/mol. The molecule has 0 unspecified atom stereocenters. The van der Waals surface area contributed by atoms with Gasteiger partial charge in [0.25, 0.3) is 5.89 Å². The molecule has 0 bridgehead atoms. The first-order valence-electron chi connectivity index (χ1n) is 5.05. The van der Waals surface area contributed by atoms with Crippen LogP contribution in [0.25, 0.3) is 11.6 Å². The van der Waals surface area contributed by atoms with Crippen LogP contribution in [0.5, 0.6) is 5.75 Å². The normalized spacial score (nSPS) is 10.8. The fourth-order valence-corrected chi connectivity index (χ4v) is 1.28. The third-order valence-corrected chi connectivity index (χ3v) is 2.15. The number of hydrogen-bond acceptors (Lipinski definition) is 5. The molecule has 0 aliphatic carbocycles. The molecule has 0 aromatic carbocycles. The Kier molecular flexibility index (Phi) is 2.85. The molecule has 0 amide bonds. The lowest BCUT2D eigenvalue weighted by Crippen LogP contribution is -1.92. The van der Waals surface area contributed by atoms with Gasteiger partial charge in [0.05, 0.1) is 7.11 Å². The molecule has 2 rings (SSSR count). The van der Waals surface area contributed by atoms with Crippen LogP contribution in [0.3, 0.4) is 0 Å². The van der Waals surface area contributed by atoms with Crippen molar-refractivity contribution in [2.75, 3.05) is 7.11 Å². The topological polar surface area (TPSA) is 61.0 Å². The third-order valence-electron chi connectivity index (χ3n) is 2.15. The highest BCUT2D eigenvalue weighted by Crippen LogP contribution is 2.26. The zero-order valence-corrected chi connectivity index (χ0v) is 9.47. The van der Waals surface area contributed by atoms with Gasteiger partial charge in [-0.1, -0.05) is 19.0 Å². The summed E-state index contributed by atoms with van der Waals surface area (Å²) in [6.07, 6.45) is 1.66. The minimum absolute atomic E-state index is 0.229. The first-order valence-corrected chi connectivity index (χ1v) is 5.05. The van der Waals surface area contributed by atoms with Crippen LogP contribution in [-0.2, 0) is 0 Å². The van der Waals surface area contributed by atoms with Gasteiger partial charge in [-0.25, -0.2) is 4.98 Å². The standard InChI is InChI=1S/C11H13N3O2/c1-7(2)10-13-11(16-14-10)9-8(15-3)5-4-6-12-9/h4-7H,1-3H3. The maximum atomic E-state index is 5.18. The zero-order chi connectivity index (χ0) is 11.5. The Balaban J connectivity index is 2.42. The van der Waals surface area contributed by atoms with E-state index in [4.69, 9.17) is 9.26 Å². The van der Waals surface area contributed by atoms with E-state index in [0.717, 1.165) is 0 Å². The summed E-state index contributed by atoms with van der Waals surface area (Å²) in [7, 11) is 1.58. The van der Waals surface area contributed by atoms with Gasteiger partial charge in [0.1, 0.15) is 5.75 Å². The fourth-order valence-electron chi connectivity index (χ4n) is 1.28. The molecule has 0 atom stereocenters. The number of ether oxygens (including phenoxy) is 1. The lowest BCUT2D eigenvalue weighted by Gasteiger charge is -2.01. The highest BCUT2D eigenvalue weighted by atomic mass is 16.5. The number of rotatable bonds is 3. The molecule has 0 spiro atoms. The predicted molar refractivity (Wildman–Crippen MR) is 58.2 cm³/mol. The number of aromatic nitrogens is 3. The van der Waals surface area contributed by atoms with Crippen molar-refractivity contribution in [1.29, 1.82) is 0 Å². The van der Waals surface area contributed by atoms with Crippen molar-refractivity contribution in [1.82, 2.24) is 15.1 Å². The molecular formula is C11H13N3O2. The first-order chi connectivity index (χ1) is 7.72. The Morgan fingerprint density at radius 2 is 2.19 bits per heavy atom. The van der Waals surface area contributed by atoms with E-state index in [-0.39, 0.29) is 5.92 Å². The second kappa shape index (κ2) is 4.30. The molecule has 0 N–H and O–H groups in total. The highest BCUT2D eigenvalue weighted by Gasteiger charge is 2.15. The monoisotopic (exact) mass is 219 g/mol. The smallest absolute Gasteiger partial charge is 0.280 e. The largest absolute Gasteiger partial charge is 0.494 e. The zero-order valence-electron chi connectivity index (χ0n) is 9.47.